The Labute approximate surface area is 217 Å². The molecular weight excluding hydrogens is 608 g/mol. The molecule has 1 N–H and O–H groups in total. The molecule has 192 valence electrons. The Morgan fingerprint density at radius 2 is 1.61 bits per heavy atom. The zero-order valence-electron chi connectivity index (χ0n) is 17.7. The van der Waals surface area contributed by atoms with Gasteiger partial charge in [-0.2, -0.15) is 18.3 Å². The summed E-state index contributed by atoms with van der Waals surface area (Å²) in [4.78, 5) is 0. The lowest BCUT2D eigenvalue weighted by molar-refractivity contribution is -0.143. The number of hydrazone groups is 1. The molecule has 0 aliphatic carbocycles. The monoisotopic (exact) mass is 618 g/mol. The maximum atomic E-state index is 14.0. The van der Waals surface area contributed by atoms with Crippen molar-refractivity contribution in [2.45, 2.75) is 12.8 Å². The Balaban J connectivity index is 1.82. The van der Waals surface area contributed by atoms with Crippen LogP contribution in [-0.4, -0.2) is 13.3 Å². The van der Waals surface area contributed by atoms with Crippen molar-refractivity contribution in [2.75, 3.05) is 12.5 Å². The van der Waals surface area contributed by atoms with Gasteiger partial charge in [0.1, 0.15) is 17.9 Å². The van der Waals surface area contributed by atoms with E-state index in [0.29, 0.717) is 20.1 Å². The van der Waals surface area contributed by atoms with E-state index in [0.717, 1.165) is 6.21 Å². The van der Waals surface area contributed by atoms with Crippen LogP contribution >= 0.6 is 39.1 Å². The lowest BCUT2D eigenvalue weighted by Gasteiger charge is -2.14. The molecule has 3 rings (SSSR count). The van der Waals surface area contributed by atoms with Crippen LogP contribution in [0.25, 0.3) is 0 Å². The normalized spacial score (nSPS) is 11.8. The smallest absolute Gasteiger partial charge is 0.422 e. The van der Waals surface area contributed by atoms with Crippen molar-refractivity contribution >= 4 is 51.0 Å². The highest BCUT2D eigenvalue weighted by Gasteiger charge is 2.42. The molecular formula is C22H12BrCl2F7N2O2. The second kappa shape index (κ2) is 11.1. The zero-order chi connectivity index (χ0) is 26.8. The van der Waals surface area contributed by atoms with E-state index in [2.05, 4.69) is 21.0 Å². The molecule has 0 aliphatic rings. The Morgan fingerprint density at radius 3 is 2.17 bits per heavy atom. The molecule has 0 saturated heterocycles. The van der Waals surface area contributed by atoms with E-state index in [1.165, 1.54) is 19.2 Å². The highest BCUT2D eigenvalue weighted by atomic mass is 79.9. The largest absolute Gasteiger partial charge is 0.493 e. The van der Waals surface area contributed by atoms with Crippen LogP contribution in [0.1, 0.15) is 16.7 Å². The van der Waals surface area contributed by atoms with Crippen molar-refractivity contribution in [1.82, 2.24) is 0 Å². The first-order chi connectivity index (χ1) is 16.8. The predicted octanol–water partition coefficient (Wildman–Crippen LogP) is 8.36. The molecule has 3 aromatic carbocycles. The van der Waals surface area contributed by atoms with Gasteiger partial charge in [0.05, 0.1) is 27.8 Å². The summed E-state index contributed by atoms with van der Waals surface area (Å²) >= 11 is 15.2. The second-order valence-corrected chi connectivity index (χ2v) is 8.61. The molecule has 0 fully saturated rings. The number of ether oxygens (including phenoxy) is 2. The molecule has 0 amide bonds. The third-order valence-electron chi connectivity index (χ3n) is 4.56. The van der Waals surface area contributed by atoms with Crippen LogP contribution in [0.3, 0.4) is 0 Å². The van der Waals surface area contributed by atoms with E-state index in [4.69, 9.17) is 32.7 Å². The number of hydrogen-bond acceptors (Lipinski definition) is 4. The Kier molecular flexibility index (Phi) is 8.63. The van der Waals surface area contributed by atoms with Crippen molar-refractivity contribution in [3.63, 3.8) is 0 Å². The van der Waals surface area contributed by atoms with E-state index in [1.54, 1.807) is 23.6 Å². The van der Waals surface area contributed by atoms with Gasteiger partial charge in [0.2, 0.25) is 0 Å². The maximum Gasteiger partial charge on any atom is 0.422 e. The molecule has 0 aliphatic heterocycles. The Morgan fingerprint density at radius 1 is 0.972 bits per heavy atom. The first-order valence-corrected chi connectivity index (χ1v) is 11.1. The van der Waals surface area contributed by atoms with Gasteiger partial charge in [-0.15, -0.1) is 0 Å². The molecule has 0 heterocycles. The lowest BCUT2D eigenvalue weighted by atomic mass is 10.1. The van der Waals surface area contributed by atoms with Crippen LogP contribution in [0, 0.1) is 23.3 Å². The van der Waals surface area contributed by atoms with Crippen molar-refractivity contribution in [3.05, 3.63) is 84.8 Å². The third kappa shape index (κ3) is 5.98. The van der Waals surface area contributed by atoms with Gasteiger partial charge < -0.3 is 9.47 Å². The predicted molar refractivity (Wildman–Crippen MR) is 124 cm³/mol. The highest BCUT2D eigenvalue weighted by molar-refractivity contribution is 9.10. The van der Waals surface area contributed by atoms with Crippen LogP contribution in [0.2, 0.25) is 10.0 Å². The van der Waals surface area contributed by atoms with Gasteiger partial charge >= 0.3 is 6.18 Å². The zero-order valence-corrected chi connectivity index (χ0v) is 20.8. The molecule has 0 radical (unpaired) electrons. The molecule has 3 aromatic rings. The van der Waals surface area contributed by atoms with E-state index in [1.807, 2.05) is 0 Å². The fourth-order valence-corrected chi connectivity index (χ4v) is 3.78. The first kappa shape index (κ1) is 27.9. The van der Waals surface area contributed by atoms with Crippen LogP contribution in [0.15, 0.2) is 39.9 Å². The number of nitrogens with zero attached hydrogens (tertiary/aromatic N) is 1. The molecule has 4 nitrogen and oxygen atoms in total. The number of nitrogens with one attached hydrogen (secondary N) is 1. The maximum absolute atomic E-state index is 14.0. The minimum atomic E-state index is -5.65. The topological polar surface area (TPSA) is 42.8 Å². The Bertz CT molecular complexity index is 1310. The number of methoxy groups -OCH3 is 1. The highest BCUT2D eigenvalue weighted by Crippen LogP contribution is 2.39. The van der Waals surface area contributed by atoms with Crippen LogP contribution < -0.4 is 14.9 Å². The summed E-state index contributed by atoms with van der Waals surface area (Å²) in [7, 11) is 1.34. The van der Waals surface area contributed by atoms with Gasteiger partial charge in [-0.05, 0) is 51.3 Å². The van der Waals surface area contributed by atoms with Crippen molar-refractivity contribution < 1.29 is 40.2 Å². The third-order valence-corrected chi connectivity index (χ3v) is 5.88. The average Bonchev–Trinajstić information content (AvgIpc) is 2.80. The fraction of sp³-hybridized carbons (Fsp3) is 0.136. The standard InChI is InChI=1S/C22H12BrCl2F7N2O2/c1-35-14-6-10(4-11(23)21(14)36-8-9-2-3-12(24)13(25)5-9)7-33-34-20-18(28)16(26)15(22(30,31)32)17(27)19(20)29/h2-7,34H,8H2,1H3/b33-7-. The molecule has 36 heavy (non-hydrogen) atoms. The number of rotatable bonds is 7. The first-order valence-electron chi connectivity index (χ1n) is 9.51. The van der Waals surface area contributed by atoms with E-state index in [-0.39, 0.29) is 23.7 Å². The van der Waals surface area contributed by atoms with Gasteiger partial charge in [-0.25, -0.2) is 17.6 Å². The fourth-order valence-electron chi connectivity index (χ4n) is 2.89. The van der Waals surface area contributed by atoms with Crippen LogP contribution in [0.4, 0.5) is 36.4 Å². The van der Waals surface area contributed by atoms with E-state index < -0.39 is 40.7 Å². The number of hydrogen-bond donors (Lipinski definition) is 1. The molecule has 0 aromatic heterocycles. The summed E-state index contributed by atoms with van der Waals surface area (Å²) in [5.74, 6) is -9.31. The quantitative estimate of drug-likeness (QED) is 0.125. The second-order valence-electron chi connectivity index (χ2n) is 6.94. The van der Waals surface area contributed by atoms with Crippen molar-refractivity contribution in [1.29, 1.82) is 0 Å². The molecule has 0 atom stereocenters. The SMILES string of the molecule is COc1cc(/C=N\Nc2c(F)c(F)c(C(F)(F)F)c(F)c2F)cc(Br)c1OCc1ccc(Cl)c(Cl)c1. The van der Waals surface area contributed by atoms with Crippen molar-refractivity contribution in [3.8, 4) is 11.5 Å². The average molecular weight is 620 g/mol. The molecule has 0 saturated carbocycles. The molecule has 0 unspecified atom stereocenters. The molecule has 14 heteroatoms. The van der Waals surface area contributed by atoms with Gasteiger partial charge in [0.25, 0.3) is 0 Å². The number of anilines is 1. The summed E-state index contributed by atoms with van der Waals surface area (Å²) in [6.07, 6.45) is -4.67. The summed E-state index contributed by atoms with van der Waals surface area (Å²) in [6.45, 7) is 0.0877. The lowest BCUT2D eigenvalue weighted by Crippen LogP contribution is -2.16. The minimum Gasteiger partial charge on any atom is -0.493 e. The van der Waals surface area contributed by atoms with Crippen molar-refractivity contribution in [2.24, 2.45) is 5.10 Å². The van der Waals surface area contributed by atoms with Crippen LogP contribution in [0.5, 0.6) is 11.5 Å². The van der Waals surface area contributed by atoms with Gasteiger partial charge in [0, 0.05) is 0 Å². The molecule has 0 spiro atoms. The van der Waals surface area contributed by atoms with Gasteiger partial charge in [0.15, 0.2) is 34.8 Å². The summed E-state index contributed by atoms with van der Waals surface area (Å²) in [6, 6.07) is 7.77. The van der Waals surface area contributed by atoms with E-state index >= 15 is 0 Å². The minimum absolute atomic E-state index is 0.0877. The Hall–Kier alpha value is -2.70. The van der Waals surface area contributed by atoms with Gasteiger partial charge in [-0.3, -0.25) is 5.43 Å². The number of benzene rings is 3. The summed E-state index contributed by atoms with van der Waals surface area (Å²) in [5, 5.41) is 4.16. The summed E-state index contributed by atoms with van der Waals surface area (Å²) < 4.78 is 105. The van der Waals surface area contributed by atoms with Gasteiger partial charge in [-0.1, -0.05) is 29.3 Å². The van der Waals surface area contributed by atoms with E-state index in [9.17, 15) is 30.7 Å². The number of alkyl halides is 3. The number of halogens is 10. The van der Waals surface area contributed by atoms with Crippen LogP contribution in [-0.2, 0) is 12.8 Å². The molecule has 0 bridgehead atoms. The summed E-state index contributed by atoms with van der Waals surface area (Å²) in [5.41, 5.74) is -1.59.